The van der Waals surface area contributed by atoms with Gasteiger partial charge in [-0.15, -0.1) is 0 Å². The summed E-state index contributed by atoms with van der Waals surface area (Å²) in [4.78, 5) is 28.4. The van der Waals surface area contributed by atoms with Gasteiger partial charge < -0.3 is 15.1 Å². The van der Waals surface area contributed by atoms with E-state index < -0.39 is 0 Å². The van der Waals surface area contributed by atoms with Crippen LogP contribution in [0.15, 0.2) is 0 Å². The van der Waals surface area contributed by atoms with Crippen LogP contribution in [0.3, 0.4) is 0 Å². The zero-order chi connectivity index (χ0) is 14.0. The van der Waals surface area contributed by atoms with Crippen molar-refractivity contribution in [2.45, 2.75) is 58.2 Å². The Morgan fingerprint density at radius 3 is 2.42 bits per heavy atom. The Morgan fingerprint density at radius 1 is 1.21 bits per heavy atom. The van der Waals surface area contributed by atoms with Crippen LogP contribution in [-0.4, -0.2) is 59.4 Å². The van der Waals surface area contributed by atoms with Crippen molar-refractivity contribution in [3.63, 3.8) is 0 Å². The van der Waals surface area contributed by atoms with Gasteiger partial charge in [-0.3, -0.25) is 9.59 Å². The Hall–Kier alpha value is -1.10. The molecule has 5 nitrogen and oxygen atoms in total. The van der Waals surface area contributed by atoms with Gasteiger partial charge in [-0.05, 0) is 39.7 Å². The smallest absolute Gasteiger partial charge is 0.245 e. The van der Waals surface area contributed by atoms with E-state index in [0.717, 1.165) is 32.5 Å². The zero-order valence-electron chi connectivity index (χ0n) is 12.2. The average molecular weight is 267 g/mol. The van der Waals surface area contributed by atoms with Crippen molar-refractivity contribution in [2.24, 2.45) is 0 Å². The predicted octanol–water partition coefficient (Wildman–Crippen LogP) is 0.596. The van der Waals surface area contributed by atoms with Crippen LogP contribution in [0, 0.1) is 0 Å². The van der Waals surface area contributed by atoms with Gasteiger partial charge in [0, 0.05) is 19.1 Å². The third-order valence-corrected chi connectivity index (χ3v) is 4.27. The first-order valence-electron chi connectivity index (χ1n) is 7.39. The molecule has 0 aromatic rings. The van der Waals surface area contributed by atoms with E-state index in [1.165, 1.54) is 6.42 Å². The highest BCUT2D eigenvalue weighted by Crippen LogP contribution is 2.22. The molecule has 108 valence electrons. The summed E-state index contributed by atoms with van der Waals surface area (Å²) in [5.41, 5.74) is 0. The maximum absolute atomic E-state index is 12.3. The number of amides is 2. The second-order valence-electron chi connectivity index (χ2n) is 5.72. The molecule has 2 fully saturated rings. The minimum atomic E-state index is -0.377. The molecule has 0 saturated carbocycles. The van der Waals surface area contributed by atoms with Gasteiger partial charge >= 0.3 is 0 Å². The number of likely N-dealkylation sites (tertiary alicyclic amines) is 1. The lowest BCUT2D eigenvalue weighted by atomic mass is 9.98. The van der Waals surface area contributed by atoms with Gasteiger partial charge in [0.1, 0.15) is 12.1 Å². The van der Waals surface area contributed by atoms with Crippen LogP contribution in [0.4, 0.5) is 0 Å². The van der Waals surface area contributed by atoms with Gasteiger partial charge in [-0.1, -0.05) is 6.92 Å². The Balaban J connectivity index is 2.00. The predicted molar refractivity (Wildman–Crippen MR) is 73.7 cm³/mol. The van der Waals surface area contributed by atoms with Crippen molar-refractivity contribution in [1.82, 2.24) is 15.1 Å². The second kappa shape index (κ2) is 5.90. The Labute approximate surface area is 115 Å². The minimum absolute atomic E-state index is 0.0249. The number of rotatable bonds is 3. The van der Waals surface area contributed by atoms with Gasteiger partial charge in [-0.25, -0.2) is 0 Å². The van der Waals surface area contributed by atoms with Crippen molar-refractivity contribution < 1.29 is 9.59 Å². The lowest BCUT2D eigenvalue weighted by Gasteiger charge is -2.44. The zero-order valence-corrected chi connectivity index (χ0v) is 12.2. The van der Waals surface area contributed by atoms with Crippen molar-refractivity contribution in [2.75, 3.05) is 19.6 Å². The number of hydrogen-bond donors (Lipinski definition) is 1. The molecule has 1 N–H and O–H groups in total. The summed E-state index contributed by atoms with van der Waals surface area (Å²) in [5.74, 6) is 0.0455. The molecule has 0 aromatic carbocycles. The fourth-order valence-electron chi connectivity index (χ4n) is 3.17. The number of hydrogen-bond acceptors (Lipinski definition) is 3. The largest absolute Gasteiger partial charge is 0.343 e. The monoisotopic (exact) mass is 267 g/mol. The molecule has 0 aromatic heterocycles. The first kappa shape index (κ1) is 14.3. The molecule has 2 aliphatic rings. The molecule has 2 amide bonds. The van der Waals surface area contributed by atoms with Gasteiger partial charge in [0.2, 0.25) is 11.8 Å². The van der Waals surface area contributed by atoms with E-state index in [1.807, 2.05) is 11.8 Å². The Kier molecular flexibility index (Phi) is 4.45. The SMILES string of the molecule is CCCN1CCC(N2C(=O)C(C)NC(=O)C2C)CC1. The van der Waals surface area contributed by atoms with Crippen LogP contribution >= 0.6 is 0 Å². The third kappa shape index (κ3) is 2.91. The topological polar surface area (TPSA) is 52.6 Å². The molecule has 2 unspecified atom stereocenters. The van der Waals surface area contributed by atoms with Gasteiger partial charge in [0.05, 0.1) is 0 Å². The summed E-state index contributed by atoms with van der Waals surface area (Å²) < 4.78 is 0. The summed E-state index contributed by atoms with van der Waals surface area (Å²) in [6, 6.07) is -0.479. The van der Waals surface area contributed by atoms with Crippen molar-refractivity contribution in [1.29, 1.82) is 0 Å². The number of piperazine rings is 1. The summed E-state index contributed by atoms with van der Waals surface area (Å²) in [5, 5.41) is 2.74. The van der Waals surface area contributed by atoms with E-state index in [4.69, 9.17) is 0 Å². The summed E-state index contributed by atoms with van der Waals surface area (Å²) in [6.45, 7) is 8.99. The molecule has 0 spiro atoms. The fraction of sp³-hybridized carbons (Fsp3) is 0.857. The van der Waals surface area contributed by atoms with E-state index in [1.54, 1.807) is 6.92 Å². The van der Waals surface area contributed by atoms with Crippen molar-refractivity contribution >= 4 is 11.8 Å². The highest BCUT2D eigenvalue weighted by atomic mass is 16.2. The molecular formula is C14H25N3O2. The number of carbonyl (C=O) groups excluding carboxylic acids is 2. The molecule has 0 radical (unpaired) electrons. The normalized spacial score (nSPS) is 30.6. The Bertz CT molecular complexity index is 351. The first-order chi connectivity index (χ1) is 9.04. The maximum atomic E-state index is 12.3. The standard InChI is InChI=1S/C14H25N3O2/c1-4-7-16-8-5-12(6-9-16)17-11(3)13(18)15-10(2)14(17)19/h10-12H,4-9H2,1-3H3,(H,15,18). The van der Waals surface area contributed by atoms with Crippen LogP contribution in [-0.2, 0) is 9.59 Å². The molecular weight excluding hydrogens is 242 g/mol. The van der Waals surface area contributed by atoms with Gasteiger partial charge in [0.25, 0.3) is 0 Å². The summed E-state index contributed by atoms with van der Waals surface area (Å²) >= 11 is 0. The van der Waals surface area contributed by atoms with Crippen LogP contribution in [0.5, 0.6) is 0 Å². The molecule has 19 heavy (non-hydrogen) atoms. The number of carbonyl (C=O) groups is 2. The lowest BCUT2D eigenvalue weighted by molar-refractivity contribution is -0.152. The molecule has 2 atom stereocenters. The Morgan fingerprint density at radius 2 is 1.84 bits per heavy atom. The maximum Gasteiger partial charge on any atom is 0.245 e. The third-order valence-electron chi connectivity index (χ3n) is 4.27. The van der Waals surface area contributed by atoms with Crippen LogP contribution < -0.4 is 5.32 Å². The van der Waals surface area contributed by atoms with Gasteiger partial charge in [0.15, 0.2) is 0 Å². The van der Waals surface area contributed by atoms with E-state index in [-0.39, 0.29) is 29.9 Å². The molecule has 2 aliphatic heterocycles. The second-order valence-corrected chi connectivity index (χ2v) is 5.72. The highest BCUT2D eigenvalue weighted by Gasteiger charge is 2.40. The minimum Gasteiger partial charge on any atom is -0.343 e. The van der Waals surface area contributed by atoms with Crippen molar-refractivity contribution in [3.05, 3.63) is 0 Å². The molecule has 0 bridgehead atoms. The molecule has 0 aliphatic carbocycles. The number of nitrogens with one attached hydrogen (secondary N) is 1. The lowest BCUT2D eigenvalue weighted by Crippen LogP contribution is -2.65. The van der Waals surface area contributed by atoms with E-state index in [9.17, 15) is 9.59 Å². The van der Waals surface area contributed by atoms with E-state index >= 15 is 0 Å². The van der Waals surface area contributed by atoms with E-state index in [2.05, 4.69) is 17.1 Å². The summed E-state index contributed by atoms with van der Waals surface area (Å²) in [7, 11) is 0. The quantitative estimate of drug-likeness (QED) is 0.814. The van der Waals surface area contributed by atoms with E-state index in [0.29, 0.717) is 0 Å². The van der Waals surface area contributed by atoms with Gasteiger partial charge in [-0.2, -0.15) is 0 Å². The molecule has 2 saturated heterocycles. The first-order valence-corrected chi connectivity index (χ1v) is 7.39. The highest BCUT2D eigenvalue weighted by molar-refractivity contribution is 5.96. The fourth-order valence-corrected chi connectivity index (χ4v) is 3.17. The number of piperidine rings is 1. The molecule has 2 rings (SSSR count). The average Bonchev–Trinajstić information content (AvgIpc) is 2.39. The van der Waals surface area contributed by atoms with Crippen LogP contribution in [0.25, 0.3) is 0 Å². The molecule has 2 heterocycles. The van der Waals surface area contributed by atoms with Crippen molar-refractivity contribution in [3.8, 4) is 0 Å². The summed E-state index contributed by atoms with van der Waals surface area (Å²) in [6.07, 6.45) is 3.13. The molecule has 5 heteroatoms. The van der Waals surface area contributed by atoms with Crippen LogP contribution in [0.1, 0.15) is 40.0 Å². The number of nitrogens with zero attached hydrogens (tertiary/aromatic N) is 2. The van der Waals surface area contributed by atoms with Crippen LogP contribution in [0.2, 0.25) is 0 Å².